The molecule has 1 saturated carbocycles. The number of aromatic nitrogens is 3. The summed E-state index contributed by atoms with van der Waals surface area (Å²) in [5, 5.41) is 20.6. The van der Waals surface area contributed by atoms with Crippen molar-refractivity contribution in [3.63, 3.8) is 0 Å². The summed E-state index contributed by atoms with van der Waals surface area (Å²) in [5.41, 5.74) is -1.11. The van der Waals surface area contributed by atoms with Crippen LogP contribution in [-0.4, -0.2) is 31.4 Å². The predicted molar refractivity (Wildman–Crippen MR) is 95.2 cm³/mol. The van der Waals surface area contributed by atoms with Gasteiger partial charge in [0.25, 0.3) is 5.91 Å². The molecular formula is C19H24N4O3. The van der Waals surface area contributed by atoms with Gasteiger partial charge in [-0.15, -0.1) is 10.2 Å². The van der Waals surface area contributed by atoms with E-state index in [2.05, 4.69) is 31.9 Å². The smallest absolute Gasteiger partial charge is 0.287 e. The van der Waals surface area contributed by atoms with Gasteiger partial charge >= 0.3 is 0 Å². The molecule has 1 amide bonds. The minimum Gasteiger partial charge on any atom is -0.443 e. The highest BCUT2D eigenvalue weighted by atomic mass is 16.3. The molecule has 1 aliphatic rings. The van der Waals surface area contributed by atoms with Crippen LogP contribution in [0.4, 0.5) is 0 Å². The molecule has 2 aromatic heterocycles. The Kier molecular flexibility index (Phi) is 5.43. The number of nitrogens with one attached hydrogen (secondary N) is 1. The molecule has 0 atom stereocenters. The van der Waals surface area contributed by atoms with Crippen LogP contribution in [0.25, 0.3) is 0 Å². The van der Waals surface area contributed by atoms with Gasteiger partial charge in [-0.3, -0.25) is 4.79 Å². The lowest BCUT2D eigenvalue weighted by molar-refractivity contribution is 0.0920. The van der Waals surface area contributed by atoms with Crippen LogP contribution in [0, 0.1) is 11.8 Å². The van der Waals surface area contributed by atoms with Crippen LogP contribution in [0.2, 0.25) is 0 Å². The fraction of sp³-hybridized carbons (Fsp3) is 0.526. The van der Waals surface area contributed by atoms with Gasteiger partial charge in [0.05, 0.1) is 6.54 Å². The molecule has 7 heteroatoms. The van der Waals surface area contributed by atoms with E-state index in [9.17, 15) is 9.90 Å². The summed E-state index contributed by atoms with van der Waals surface area (Å²) in [6, 6.07) is 3.59. The number of furan rings is 1. The zero-order valence-corrected chi connectivity index (χ0v) is 15.2. The second-order valence-electron chi connectivity index (χ2n) is 7.10. The number of hydrogen-bond acceptors (Lipinski definition) is 5. The third kappa shape index (κ3) is 4.73. The van der Waals surface area contributed by atoms with Crippen molar-refractivity contribution in [2.45, 2.75) is 64.1 Å². The van der Waals surface area contributed by atoms with Gasteiger partial charge in [0, 0.05) is 6.04 Å². The molecule has 2 aromatic rings. The molecule has 0 radical (unpaired) electrons. The summed E-state index contributed by atoms with van der Waals surface area (Å²) in [6.45, 7) is 3.46. The van der Waals surface area contributed by atoms with Crippen molar-refractivity contribution in [3.05, 3.63) is 35.8 Å². The van der Waals surface area contributed by atoms with Gasteiger partial charge in [-0.1, -0.05) is 25.2 Å². The van der Waals surface area contributed by atoms with E-state index in [4.69, 9.17) is 4.42 Å². The molecule has 0 saturated heterocycles. The number of rotatable bonds is 4. The average Bonchev–Trinajstić information content (AvgIpc) is 3.27. The van der Waals surface area contributed by atoms with Crippen LogP contribution in [-0.2, 0) is 6.54 Å². The number of carbonyl (C=O) groups excluding carboxylic acids is 1. The van der Waals surface area contributed by atoms with E-state index in [1.807, 2.05) is 0 Å². The van der Waals surface area contributed by atoms with Crippen LogP contribution in [0.1, 0.15) is 74.1 Å². The summed E-state index contributed by atoms with van der Waals surface area (Å²) in [7, 11) is 0. The third-order valence-electron chi connectivity index (χ3n) is 4.34. The Morgan fingerprint density at radius 1 is 1.38 bits per heavy atom. The van der Waals surface area contributed by atoms with E-state index in [-0.39, 0.29) is 11.7 Å². The first-order valence-corrected chi connectivity index (χ1v) is 8.94. The topological polar surface area (TPSA) is 93.2 Å². The monoisotopic (exact) mass is 356 g/mol. The van der Waals surface area contributed by atoms with Gasteiger partial charge in [0.1, 0.15) is 11.9 Å². The number of hydrogen-bond donors (Lipinski definition) is 2. The molecule has 3 rings (SSSR count). The molecular weight excluding hydrogens is 332 g/mol. The second-order valence-corrected chi connectivity index (χ2v) is 7.10. The van der Waals surface area contributed by atoms with Gasteiger partial charge in [-0.2, -0.15) is 0 Å². The third-order valence-corrected chi connectivity index (χ3v) is 4.34. The molecule has 1 fully saturated rings. The lowest BCUT2D eigenvalue weighted by atomic mass is 9.95. The van der Waals surface area contributed by atoms with Gasteiger partial charge in [-0.25, -0.2) is 0 Å². The summed E-state index contributed by atoms with van der Waals surface area (Å²) in [5.74, 6) is 6.28. The zero-order valence-electron chi connectivity index (χ0n) is 15.2. The molecule has 7 nitrogen and oxygen atoms in total. The fourth-order valence-electron chi connectivity index (χ4n) is 3.05. The van der Waals surface area contributed by atoms with Gasteiger partial charge < -0.3 is 19.4 Å². The first-order valence-electron chi connectivity index (χ1n) is 8.94. The Morgan fingerprint density at radius 2 is 2.15 bits per heavy atom. The first kappa shape index (κ1) is 18.2. The van der Waals surface area contributed by atoms with Crippen molar-refractivity contribution in [2.24, 2.45) is 0 Å². The lowest BCUT2D eigenvalue weighted by Crippen LogP contribution is -2.25. The maximum atomic E-state index is 12.3. The van der Waals surface area contributed by atoms with Crippen molar-refractivity contribution in [1.82, 2.24) is 20.1 Å². The summed E-state index contributed by atoms with van der Waals surface area (Å²) < 4.78 is 7.49. The molecule has 1 aliphatic carbocycles. The van der Waals surface area contributed by atoms with Gasteiger partial charge in [-0.05, 0) is 44.7 Å². The number of aliphatic hydroxyl groups is 1. The maximum absolute atomic E-state index is 12.3. The molecule has 2 N–H and O–H groups in total. The Morgan fingerprint density at radius 3 is 2.88 bits per heavy atom. The van der Waals surface area contributed by atoms with E-state index in [0.717, 1.165) is 18.7 Å². The van der Waals surface area contributed by atoms with Crippen LogP contribution in [0.5, 0.6) is 0 Å². The van der Waals surface area contributed by atoms with E-state index in [1.165, 1.54) is 19.3 Å². The van der Waals surface area contributed by atoms with E-state index in [1.54, 1.807) is 32.3 Å². The Balaban J connectivity index is 1.60. The number of carbonyl (C=O) groups is 1. The molecule has 0 unspecified atom stereocenters. The van der Waals surface area contributed by atoms with Crippen LogP contribution >= 0.6 is 0 Å². The maximum Gasteiger partial charge on any atom is 0.287 e. The Hall–Kier alpha value is -2.59. The van der Waals surface area contributed by atoms with Crippen molar-refractivity contribution in [3.8, 4) is 11.8 Å². The minimum absolute atomic E-state index is 0.175. The lowest BCUT2D eigenvalue weighted by Gasteiger charge is -2.23. The van der Waals surface area contributed by atoms with Crippen LogP contribution < -0.4 is 5.32 Å². The summed E-state index contributed by atoms with van der Waals surface area (Å²) >= 11 is 0. The van der Waals surface area contributed by atoms with Crippen molar-refractivity contribution in [2.75, 3.05) is 0 Å². The molecule has 0 aromatic carbocycles. The fourth-order valence-corrected chi connectivity index (χ4v) is 3.05. The highest BCUT2D eigenvalue weighted by Crippen LogP contribution is 2.28. The Bertz CT molecular complexity index is 814. The number of nitrogens with zero attached hydrogens (tertiary/aromatic N) is 3. The SMILES string of the molecule is CC(C)(O)C#Cc1ccc(C(=O)NCc2nncn2C2CCCCC2)o1. The normalized spacial score (nSPS) is 15.3. The summed E-state index contributed by atoms with van der Waals surface area (Å²) in [4.78, 5) is 12.3. The first-order chi connectivity index (χ1) is 12.4. The van der Waals surface area contributed by atoms with Gasteiger partial charge in [0.15, 0.2) is 17.3 Å². The standard InChI is InChI=1S/C19H24N4O3/c1-19(2,25)11-10-15-8-9-16(26-15)18(24)20-12-17-22-21-13-23(17)14-6-4-3-5-7-14/h8-9,13-14,25H,3-7,12H2,1-2H3,(H,20,24). The highest BCUT2D eigenvalue weighted by molar-refractivity contribution is 5.91. The molecule has 0 bridgehead atoms. The van der Waals surface area contributed by atoms with Crippen molar-refractivity contribution < 1.29 is 14.3 Å². The van der Waals surface area contributed by atoms with Crippen molar-refractivity contribution >= 4 is 5.91 Å². The Labute approximate surface area is 152 Å². The molecule has 26 heavy (non-hydrogen) atoms. The number of amides is 1. The summed E-state index contributed by atoms with van der Waals surface area (Å²) in [6.07, 6.45) is 7.71. The van der Waals surface area contributed by atoms with Crippen LogP contribution in [0.15, 0.2) is 22.9 Å². The molecule has 138 valence electrons. The average molecular weight is 356 g/mol. The van der Waals surface area contributed by atoms with Gasteiger partial charge in [0.2, 0.25) is 0 Å². The highest BCUT2D eigenvalue weighted by Gasteiger charge is 2.19. The van der Waals surface area contributed by atoms with E-state index < -0.39 is 5.60 Å². The van der Waals surface area contributed by atoms with Crippen molar-refractivity contribution in [1.29, 1.82) is 0 Å². The van der Waals surface area contributed by atoms with Crippen LogP contribution in [0.3, 0.4) is 0 Å². The quantitative estimate of drug-likeness (QED) is 0.821. The molecule has 2 heterocycles. The van der Waals surface area contributed by atoms with E-state index in [0.29, 0.717) is 18.3 Å². The zero-order chi connectivity index (χ0) is 18.6. The molecule has 0 spiro atoms. The predicted octanol–water partition coefficient (Wildman–Crippen LogP) is 2.43. The molecule has 0 aliphatic heterocycles. The van der Waals surface area contributed by atoms with E-state index >= 15 is 0 Å². The minimum atomic E-state index is -1.11. The largest absolute Gasteiger partial charge is 0.443 e. The second kappa shape index (κ2) is 7.75.